The van der Waals surface area contributed by atoms with Gasteiger partial charge in [-0.2, -0.15) is 5.10 Å². The van der Waals surface area contributed by atoms with Crippen molar-refractivity contribution in [1.82, 2.24) is 10.2 Å². The first-order chi connectivity index (χ1) is 9.56. The Bertz CT molecular complexity index is 681. The predicted octanol–water partition coefficient (Wildman–Crippen LogP) is 2.91. The van der Waals surface area contributed by atoms with Crippen LogP contribution in [0.3, 0.4) is 0 Å². The zero-order chi connectivity index (χ0) is 14.3. The summed E-state index contributed by atoms with van der Waals surface area (Å²) in [6.07, 6.45) is 2.11. The minimum absolute atomic E-state index is 0.0588. The van der Waals surface area contributed by atoms with Gasteiger partial charge in [0.25, 0.3) is 5.91 Å². The van der Waals surface area contributed by atoms with E-state index < -0.39 is 11.7 Å². The van der Waals surface area contributed by atoms with Crippen LogP contribution in [0.5, 0.6) is 0 Å². The van der Waals surface area contributed by atoms with E-state index in [1.807, 2.05) is 0 Å². The van der Waals surface area contributed by atoms with Crippen LogP contribution in [0.15, 0.2) is 18.2 Å². The number of halogens is 2. The summed E-state index contributed by atoms with van der Waals surface area (Å²) < 4.78 is 13.0. The van der Waals surface area contributed by atoms with Gasteiger partial charge in [-0.3, -0.25) is 9.89 Å². The molecule has 0 spiro atoms. The quantitative estimate of drug-likeness (QED) is 0.814. The standard InChI is InChI=1S/C13H12ClFN4O/c14-8-5-7(3-4-9(8)15)17-13(20)12-10(16)11(18-19-12)6-1-2-6/h3-6H,1-2,16H2,(H,17,20)(H,18,19). The largest absolute Gasteiger partial charge is 0.395 e. The number of nitrogen functional groups attached to an aromatic ring is 1. The van der Waals surface area contributed by atoms with Crippen LogP contribution >= 0.6 is 11.6 Å². The van der Waals surface area contributed by atoms with Gasteiger partial charge in [0.2, 0.25) is 0 Å². The number of anilines is 2. The molecule has 0 radical (unpaired) electrons. The smallest absolute Gasteiger partial charge is 0.278 e. The van der Waals surface area contributed by atoms with E-state index in [2.05, 4.69) is 15.5 Å². The molecule has 1 aromatic heterocycles. The van der Waals surface area contributed by atoms with Crippen LogP contribution in [0.1, 0.15) is 34.9 Å². The van der Waals surface area contributed by atoms with Crippen LogP contribution in [0.4, 0.5) is 15.8 Å². The van der Waals surface area contributed by atoms with Crippen molar-refractivity contribution in [2.24, 2.45) is 0 Å². The maximum atomic E-state index is 13.0. The minimum Gasteiger partial charge on any atom is -0.395 e. The summed E-state index contributed by atoms with van der Waals surface area (Å²) in [5, 5.41) is 9.27. The molecule has 0 unspecified atom stereocenters. The molecule has 104 valence electrons. The molecular weight excluding hydrogens is 283 g/mol. The summed E-state index contributed by atoms with van der Waals surface area (Å²) in [5.74, 6) is -0.613. The number of hydrogen-bond donors (Lipinski definition) is 3. The lowest BCUT2D eigenvalue weighted by Crippen LogP contribution is -2.14. The zero-order valence-corrected chi connectivity index (χ0v) is 11.2. The Labute approximate surface area is 119 Å². The first kappa shape index (κ1) is 12.9. The van der Waals surface area contributed by atoms with Crippen LogP contribution in [-0.4, -0.2) is 16.1 Å². The van der Waals surface area contributed by atoms with E-state index in [-0.39, 0.29) is 10.7 Å². The number of nitrogens with one attached hydrogen (secondary N) is 2. The molecular formula is C13H12ClFN4O. The van der Waals surface area contributed by atoms with Crippen molar-refractivity contribution in [3.8, 4) is 0 Å². The van der Waals surface area contributed by atoms with Crippen LogP contribution in [-0.2, 0) is 0 Å². The molecule has 1 saturated carbocycles. The topological polar surface area (TPSA) is 83.8 Å². The molecule has 20 heavy (non-hydrogen) atoms. The van der Waals surface area contributed by atoms with Crippen LogP contribution in [0.2, 0.25) is 5.02 Å². The summed E-state index contributed by atoms with van der Waals surface area (Å²) in [4.78, 5) is 12.1. The predicted molar refractivity (Wildman–Crippen MR) is 74.3 cm³/mol. The molecule has 5 nitrogen and oxygen atoms in total. The molecule has 0 bridgehead atoms. The van der Waals surface area contributed by atoms with Crippen LogP contribution in [0.25, 0.3) is 0 Å². The Morgan fingerprint density at radius 1 is 1.50 bits per heavy atom. The van der Waals surface area contributed by atoms with Crippen molar-refractivity contribution in [3.63, 3.8) is 0 Å². The SMILES string of the molecule is Nc1c(C(=O)Nc2ccc(F)c(Cl)c2)n[nH]c1C1CC1. The lowest BCUT2D eigenvalue weighted by Gasteiger charge is -2.05. The number of nitrogens with two attached hydrogens (primary N) is 1. The number of H-pyrrole nitrogens is 1. The van der Waals surface area contributed by atoms with Crippen LogP contribution < -0.4 is 11.1 Å². The van der Waals surface area contributed by atoms with Gasteiger partial charge in [0, 0.05) is 11.6 Å². The number of hydrogen-bond acceptors (Lipinski definition) is 3. The molecule has 1 amide bonds. The number of carbonyl (C=O) groups is 1. The second-order valence-corrected chi connectivity index (χ2v) is 5.16. The molecule has 0 saturated heterocycles. The molecule has 7 heteroatoms. The first-order valence-corrected chi connectivity index (χ1v) is 6.54. The van der Waals surface area contributed by atoms with Gasteiger partial charge in [-0.15, -0.1) is 0 Å². The second kappa shape index (κ2) is 4.79. The molecule has 0 aliphatic heterocycles. The van der Waals surface area contributed by atoms with Crippen molar-refractivity contribution in [2.75, 3.05) is 11.1 Å². The molecule has 3 rings (SSSR count). The van der Waals surface area contributed by atoms with Gasteiger partial charge >= 0.3 is 0 Å². The van der Waals surface area contributed by atoms with Gasteiger partial charge in [-0.25, -0.2) is 4.39 Å². The average Bonchev–Trinajstić information content (AvgIpc) is 3.17. The molecule has 1 fully saturated rings. The third-order valence-corrected chi connectivity index (χ3v) is 3.50. The number of aromatic amines is 1. The highest BCUT2D eigenvalue weighted by molar-refractivity contribution is 6.31. The highest BCUT2D eigenvalue weighted by Crippen LogP contribution is 2.42. The normalized spacial score (nSPS) is 14.3. The van der Waals surface area contributed by atoms with Gasteiger partial charge in [0.1, 0.15) is 5.82 Å². The fraction of sp³-hybridized carbons (Fsp3) is 0.231. The maximum Gasteiger partial charge on any atom is 0.278 e. The Balaban J connectivity index is 1.80. The van der Waals surface area contributed by atoms with Crippen molar-refractivity contribution in [3.05, 3.63) is 40.4 Å². The second-order valence-electron chi connectivity index (χ2n) is 4.76. The summed E-state index contributed by atoms with van der Waals surface area (Å²) in [6, 6.07) is 3.94. The van der Waals surface area contributed by atoms with E-state index in [1.54, 1.807) is 0 Å². The number of carbonyl (C=O) groups excluding carboxylic acids is 1. The van der Waals surface area contributed by atoms with Gasteiger partial charge in [0.15, 0.2) is 5.69 Å². The third-order valence-electron chi connectivity index (χ3n) is 3.21. The lowest BCUT2D eigenvalue weighted by molar-refractivity contribution is 0.102. The molecule has 1 aliphatic carbocycles. The highest BCUT2D eigenvalue weighted by Gasteiger charge is 2.30. The Morgan fingerprint density at radius 3 is 2.90 bits per heavy atom. The molecule has 1 heterocycles. The number of aromatic nitrogens is 2. The first-order valence-electron chi connectivity index (χ1n) is 6.16. The molecule has 0 atom stereocenters. The van der Waals surface area contributed by atoms with Crippen molar-refractivity contribution < 1.29 is 9.18 Å². The number of nitrogens with zero attached hydrogens (tertiary/aromatic N) is 1. The average molecular weight is 295 g/mol. The lowest BCUT2D eigenvalue weighted by atomic mass is 10.2. The summed E-state index contributed by atoms with van der Waals surface area (Å²) in [7, 11) is 0. The highest BCUT2D eigenvalue weighted by atomic mass is 35.5. The van der Waals surface area contributed by atoms with Crippen LogP contribution in [0, 0.1) is 5.82 Å². The Morgan fingerprint density at radius 2 is 2.25 bits per heavy atom. The van der Waals surface area contributed by atoms with Gasteiger partial charge in [0.05, 0.1) is 16.4 Å². The molecule has 1 aliphatic rings. The maximum absolute atomic E-state index is 13.0. The monoisotopic (exact) mass is 294 g/mol. The van der Waals surface area contributed by atoms with Gasteiger partial charge in [-0.05, 0) is 31.0 Å². The summed E-state index contributed by atoms with van der Waals surface area (Å²) in [6.45, 7) is 0. The molecule has 2 aromatic rings. The van der Waals surface area contributed by atoms with Gasteiger partial charge < -0.3 is 11.1 Å². The number of amides is 1. The van der Waals surface area contributed by atoms with E-state index in [1.165, 1.54) is 18.2 Å². The third kappa shape index (κ3) is 2.34. The van der Waals surface area contributed by atoms with Crippen molar-refractivity contribution in [1.29, 1.82) is 0 Å². The van der Waals surface area contributed by atoms with E-state index in [9.17, 15) is 9.18 Å². The minimum atomic E-state index is -0.542. The van der Waals surface area contributed by atoms with E-state index >= 15 is 0 Å². The molecule has 4 N–H and O–H groups in total. The van der Waals surface area contributed by atoms with Crippen molar-refractivity contribution >= 4 is 28.9 Å². The number of benzene rings is 1. The van der Waals surface area contributed by atoms with E-state index in [0.717, 1.165) is 18.5 Å². The Kier molecular flexibility index (Phi) is 3.10. The molecule has 1 aromatic carbocycles. The van der Waals surface area contributed by atoms with E-state index in [0.29, 0.717) is 17.3 Å². The number of rotatable bonds is 3. The van der Waals surface area contributed by atoms with Gasteiger partial charge in [-0.1, -0.05) is 11.6 Å². The van der Waals surface area contributed by atoms with Crippen molar-refractivity contribution in [2.45, 2.75) is 18.8 Å². The fourth-order valence-corrected chi connectivity index (χ4v) is 2.17. The summed E-state index contributed by atoms with van der Waals surface area (Å²) >= 11 is 5.66. The zero-order valence-electron chi connectivity index (χ0n) is 10.4. The Hall–Kier alpha value is -2.08. The van der Waals surface area contributed by atoms with E-state index in [4.69, 9.17) is 17.3 Å². The summed E-state index contributed by atoms with van der Waals surface area (Å²) in [5.41, 5.74) is 7.63. The fourth-order valence-electron chi connectivity index (χ4n) is 1.98.